The van der Waals surface area contributed by atoms with Gasteiger partial charge in [-0.3, -0.25) is 4.79 Å². The van der Waals surface area contributed by atoms with E-state index in [-0.39, 0.29) is 18.3 Å². The van der Waals surface area contributed by atoms with Crippen molar-refractivity contribution in [2.45, 2.75) is 27.4 Å². The number of hydrogen-bond acceptors (Lipinski definition) is 4. The minimum atomic E-state index is -0.358. The van der Waals surface area contributed by atoms with Crippen LogP contribution in [-0.2, 0) is 6.61 Å². The average molecular weight is 347 g/mol. The molecular weight excluding hydrogens is 326 g/mol. The van der Waals surface area contributed by atoms with Crippen LogP contribution in [0.4, 0.5) is 5.69 Å². The van der Waals surface area contributed by atoms with E-state index in [4.69, 9.17) is 0 Å². The third-order valence-corrected chi connectivity index (χ3v) is 4.29. The number of hydrogen-bond donors (Lipinski definition) is 2. The fraction of sp³-hybridized carbons (Fsp3) is 0.190. The van der Waals surface area contributed by atoms with Gasteiger partial charge < -0.3 is 10.4 Å². The summed E-state index contributed by atoms with van der Waals surface area (Å²) in [6, 6.07) is 13.4. The molecule has 0 radical (unpaired) electrons. The lowest BCUT2D eigenvalue weighted by atomic mass is 10.0. The van der Waals surface area contributed by atoms with Crippen LogP contribution in [0.5, 0.6) is 0 Å². The summed E-state index contributed by atoms with van der Waals surface area (Å²) < 4.78 is 0. The van der Waals surface area contributed by atoms with Crippen molar-refractivity contribution in [1.82, 2.24) is 9.97 Å². The molecule has 2 N–H and O–H groups in total. The highest BCUT2D eigenvalue weighted by molar-refractivity contribution is 6.02. The van der Waals surface area contributed by atoms with Crippen LogP contribution in [0.1, 0.15) is 32.9 Å². The minimum absolute atomic E-state index is 0.0303. The molecule has 0 saturated carbocycles. The van der Waals surface area contributed by atoms with E-state index in [1.165, 1.54) is 0 Å². The van der Waals surface area contributed by atoms with Crippen molar-refractivity contribution in [2.75, 3.05) is 5.32 Å². The van der Waals surface area contributed by atoms with Gasteiger partial charge in [-0.15, -0.1) is 0 Å². The average Bonchev–Trinajstić information content (AvgIpc) is 2.64. The summed E-state index contributed by atoms with van der Waals surface area (Å²) in [4.78, 5) is 21.2. The number of carbonyl (C=O) groups excluding carboxylic acids is 1. The van der Waals surface area contributed by atoms with E-state index in [0.717, 1.165) is 33.5 Å². The van der Waals surface area contributed by atoms with E-state index in [9.17, 15) is 9.90 Å². The first kappa shape index (κ1) is 17.8. The molecule has 3 rings (SSSR count). The van der Waals surface area contributed by atoms with Crippen LogP contribution in [0.2, 0.25) is 0 Å². The molecule has 0 aliphatic carbocycles. The molecular formula is C21H21N3O2. The molecule has 0 fully saturated rings. The molecule has 0 bridgehead atoms. The predicted molar refractivity (Wildman–Crippen MR) is 102 cm³/mol. The van der Waals surface area contributed by atoms with Crippen molar-refractivity contribution in [3.8, 4) is 11.3 Å². The molecule has 0 unspecified atom stereocenters. The Morgan fingerprint density at radius 2 is 1.73 bits per heavy atom. The largest absolute Gasteiger partial charge is 0.392 e. The second-order valence-corrected chi connectivity index (χ2v) is 6.30. The van der Waals surface area contributed by atoms with Crippen molar-refractivity contribution in [3.63, 3.8) is 0 Å². The van der Waals surface area contributed by atoms with Gasteiger partial charge in [0.05, 0.1) is 12.3 Å². The number of aliphatic hydroxyl groups excluding tert-OH is 1. The summed E-state index contributed by atoms with van der Waals surface area (Å²) in [5.41, 5.74) is 6.09. The van der Waals surface area contributed by atoms with E-state index >= 15 is 0 Å². The van der Waals surface area contributed by atoms with Crippen LogP contribution in [0.15, 0.2) is 48.7 Å². The van der Waals surface area contributed by atoms with Gasteiger partial charge in [0.1, 0.15) is 0 Å². The van der Waals surface area contributed by atoms with Crippen molar-refractivity contribution >= 4 is 11.6 Å². The highest BCUT2D eigenvalue weighted by Gasteiger charge is 2.14. The van der Waals surface area contributed by atoms with Gasteiger partial charge in [-0.1, -0.05) is 36.4 Å². The van der Waals surface area contributed by atoms with Gasteiger partial charge in [-0.25, -0.2) is 9.97 Å². The summed E-state index contributed by atoms with van der Waals surface area (Å²) in [5, 5.41) is 12.2. The second-order valence-electron chi connectivity index (χ2n) is 6.30. The van der Waals surface area contributed by atoms with Crippen LogP contribution in [0, 0.1) is 20.8 Å². The smallest absolute Gasteiger partial charge is 0.293 e. The second kappa shape index (κ2) is 7.45. The third-order valence-electron chi connectivity index (χ3n) is 4.29. The fourth-order valence-corrected chi connectivity index (χ4v) is 2.99. The molecule has 3 aromatic rings. The highest BCUT2D eigenvalue weighted by atomic mass is 16.3. The van der Waals surface area contributed by atoms with Crippen LogP contribution in [-0.4, -0.2) is 21.0 Å². The van der Waals surface area contributed by atoms with Gasteiger partial charge in [-0.2, -0.15) is 0 Å². The molecule has 0 atom stereocenters. The fourth-order valence-electron chi connectivity index (χ4n) is 2.99. The quantitative estimate of drug-likeness (QED) is 0.752. The molecule has 2 aromatic carbocycles. The van der Waals surface area contributed by atoms with Crippen molar-refractivity contribution in [2.24, 2.45) is 0 Å². The summed E-state index contributed by atoms with van der Waals surface area (Å²) in [5.74, 6) is -0.237. The molecule has 1 heterocycles. The number of nitrogens with one attached hydrogen (secondary N) is 1. The monoisotopic (exact) mass is 347 g/mol. The van der Waals surface area contributed by atoms with E-state index < -0.39 is 0 Å². The van der Waals surface area contributed by atoms with E-state index in [0.29, 0.717) is 5.69 Å². The van der Waals surface area contributed by atoms with Crippen LogP contribution >= 0.6 is 0 Å². The summed E-state index contributed by atoms with van der Waals surface area (Å²) >= 11 is 0. The zero-order chi connectivity index (χ0) is 18.7. The zero-order valence-electron chi connectivity index (χ0n) is 15.1. The Labute approximate surface area is 152 Å². The third kappa shape index (κ3) is 3.63. The van der Waals surface area contributed by atoms with Crippen molar-refractivity contribution in [1.29, 1.82) is 0 Å². The normalized spacial score (nSPS) is 10.6. The number of aromatic nitrogens is 2. The van der Waals surface area contributed by atoms with Gasteiger partial charge in [-0.05, 0) is 49.1 Å². The topological polar surface area (TPSA) is 75.1 Å². The first-order chi connectivity index (χ1) is 12.5. The van der Waals surface area contributed by atoms with Gasteiger partial charge in [0, 0.05) is 17.4 Å². The van der Waals surface area contributed by atoms with Gasteiger partial charge in [0.2, 0.25) is 5.82 Å². The predicted octanol–water partition coefficient (Wildman–Crippen LogP) is 3.81. The molecule has 132 valence electrons. The number of aryl methyl sites for hydroxylation is 3. The number of carbonyl (C=O) groups is 1. The molecule has 1 amide bonds. The lowest BCUT2D eigenvalue weighted by molar-refractivity contribution is 0.101. The van der Waals surface area contributed by atoms with Crippen molar-refractivity contribution < 1.29 is 9.90 Å². The highest BCUT2D eigenvalue weighted by Crippen LogP contribution is 2.24. The van der Waals surface area contributed by atoms with E-state index in [1.54, 1.807) is 12.3 Å². The maximum absolute atomic E-state index is 12.7. The Kier molecular flexibility index (Phi) is 5.09. The Morgan fingerprint density at radius 1 is 1.04 bits per heavy atom. The van der Waals surface area contributed by atoms with Crippen LogP contribution in [0.25, 0.3) is 11.3 Å². The molecule has 26 heavy (non-hydrogen) atoms. The number of anilines is 1. The Balaban J connectivity index is 1.90. The Hall–Kier alpha value is -3.05. The number of benzene rings is 2. The number of amides is 1. The molecule has 5 heteroatoms. The Bertz CT molecular complexity index is 944. The number of rotatable bonds is 4. The number of aliphatic hydroxyl groups is 1. The molecule has 0 spiro atoms. The zero-order valence-corrected chi connectivity index (χ0v) is 15.1. The maximum atomic E-state index is 12.7. The molecule has 1 aromatic heterocycles. The molecule has 0 saturated heterocycles. The molecule has 0 aliphatic heterocycles. The lowest BCUT2D eigenvalue weighted by Crippen LogP contribution is -2.17. The number of nitrogens with zero attached hydrogens (tertiary/aromatic N) is 2. The SMILES string of the molecule is Cc1ccccc1-c1ccnc(C(=O)Nc2c(C)cc(CO)cc2C)n1. The van der Waals surface area contributed by atoms with Gasteiger partial charge in [0.15, 0.2) is 0 Å². The lowest BCUT2D eigenvalue weighted by Gasteiger charge is -2.13. The van der Waals surface area contributed by atoms with E-state index in [2.05, 4.69) is 15.3 Å². The molecule has 5 nitrogen and oxygen atoms in total. The van der Waals surface area contributed by atoms with Crippen LogP contribution < -0.4 is 5.32 Å². The standard InChI is InChI=1S/C21H21N3O2/c1-13-6-4-5-7-17(13)18-8-9-22-20(23-18)21(26)24-19-14(2)10-16(12-25)11-15(19)3/h4-11,25H,12H2,1-3H3,(H,24,26). The Morgan fingerprint density at radius 3 is 2.38 bits per heavy atom. The van der Waals surface area contributed by atoms with E-state index in [1.807, 2.05) is 57.2 Å². The first-order valence-corrected chi connectivity index (χ1v) is 8.41. The summed E-state index contributed by atoms with van der Waals surface area (Å²) in [7, 11) is 0. The maximum Gasteiger partial charge on any atom is 0.293 e. The van der Waals surface area contributed by atoms with Crippen LogP contribution in [0.3, 0.4) is 0 Å². The van der Waals surface area contributed by atoms with Gasteiger partial charge in [0.25, 0.3) is 5.91 Å². The first-order valence-electron chi connectivity index (χ1n) is 8.41. The van der Waals surface area contributed by atoms with Crippen molar-refractivity contribution in [3.05, 3.63) is 76.7 Å². The summed E-state index contributed by atoms with van der Waals surface area (Å²) in [6.07, 6.45) is 1.60. The van der Waals surface area contributed by atoms with Gasteiger partial charge >= 0.3 is 0 Å². The molecule has 0 aliphatic rings. The minimum Gasteiger partial charge on any atom is -0.392 e. The summed E-state index contributed by atoms with van der Waals surface area (Å²) in [6.45, 7) is 5.77.